The van der Waals surface area contributed by atoms with Crippen LogP contribution in [0, 0.1) is 0 Å². The lowest BCUT2D eigenvalue weighted by atomic mass is 10.2. The Labute approximate surface area is 108 Å². The fourth-order valence-electron chi connectivity index (χ4n) is 1.37. The summed E-state index contributed by atoms with van der Waals surface area (Å²) in [6.07, 6.45) is 4.18. The number of carboxylic acid groups (broad SMARTS) is 1. The van der Waals surface area contributed by atoms with E-state index >= 15 is 0 Å². The number of hydrogen-bond acceptors (Lipinski definition) is 5. The molecule has 18 heavy (non-hydrogen) atoms. The van der Waals surface area contributed by atoms with Crippen LogP contribution in [0.5, 0.6) is 0 Å². The molecule has 0 spiro atoms. The quantitative estimate of drug-likeness (QED) is 0.674. The Morgan fingerprint density at radius 2 is 2.17 bits per heavy atom. The summed E-state index contributed by atoms with van der Waals surface area (Å²) in [5.41, 5.74) is 0.840. The summed E-state index contributed by atoms with van der Waals surface area (Å²) in [4.78, 5) is 11.4. The Bertz CT molecular complexity index is 593. The van der Waals surface area contributed by atoms with Crippen molar-refractivity contribution in [3.63, 3.8) is 0 Å². The number of hydrogen-bond donors (Lipinski definition) is 1. The monoisotopic (exact) mass is 262 g/mol. The molecule has 0 bridgehead atoms. The minimum absolute atomic E-state index is 0.170. The first-order valence-electron chi connectivity index (χ1n) is 5.08. The third-order valence-electron chi connectivity index (χ3n) is 2.15. The van der Waals surface area contributed by atoms with E-state index in [9.17, 15) is 4.79 Å². The number of aromatic nitrogens is 2. The molecular weight excluding hydrogens is 252 g/mol. The molecule has 0 aliphatic carbocycles. The number of rotatable bonds is 4. The zero-order valence-corrected chi connectivity index (χ0v) is 10.3. The highest BCUT2D eigenvalue weighted by molar-refractivity contribution is 7.98. The summed E-state index contributed by atoms with van der Waals surface area (Å²) >= 11 is 1.58. The molecule has 92 valence electrons. The SMILES string of the molecule is CSc1ccccc1-c1nnc(/C=C/C(=O)O)o1. The topological polar surface area (TPSA) is 76.2 Å². The van der Waals surface area contributed by atoms with Crippen LogP contribution in [0.3, 0.4) is 0 Å². The van der Waals surface area contributed by atoms with Crippen LogP contribution in [0.1, 0.15) is 5.89 Å². The maximum Gasteiger partial charge on any atom is 0.328 e. The zero-order valence-electron chi connectivity index (χ0n) is 9.53. The molecule has 0 saturated heterocycles. The molecule has 0 unspecified atom stereocenters. The molecular formula is C12H10N2O3S. The van der Waals surface area contributed by atoms with Gasteiger partial charge in [-0.3, -0.25) is 0 Å². The lowest BCUT2D eigenvalue weighted by Crippen LogP contribution is -1.85. The van der Waals surface area contributed by atoms with E-state index in [1.807, 2.05) is 30.5 Å². The first-order valence-corrected chi connectivity index (χ1v) is 6.31. The molecule has 0 radical (unpaired) electrons. The summed E-state index contributed by atoms with van der Waals surface area (Å²) in [6.45, 7) is 0. The van der Waals surface area contributed by atoms with E-state index in [-0.39, 0.29) is 5.89 Å². The van der Waals surface area contributed by atoms with Crippen LogP contribution in [-0.4, -0.2) is 27.5 Å². The van der Waals surface area contributed by atoms with Gasteiger partial charge in [-0.05, 0) is 18.4 Å². The molecule has 1 N–H and O–H groups in total. The van der Waals surface area contributed by atoms with Crippen molar-refractivity contribution in [2.45, 2.75) is 4.90 Å². The number of carboxylic acids is 1. The van der Waals surface area contributed by atoms with Crippen LogP contribution >= 0.6 is 11.8 Å². The summed E-state index contributed by atoms with van der Waals surface area (Å²) in [6, 6.07) is 7.64. The van der Waals surface area contributed by atoms with Gasteiger partial charge in [0.25, 0.3) is 0 Å². The van der Waals surface area contributed by atoms with E-state index in [4.69, 9.17) is 9.52 Å². The minimum Gasteiger partial charge on any atom is -0.478 e. The molecule has 1 aromatic heterocycles. The van der Waals surface area contributed by atoms with Gasteiger partial charge in [0.2, 0.25) is 11.8 Å². The van der Waals surface area contributed by atoms with Crippen molar-refractivity contribution in [3.05, 3.63) is 36.2 Å². The molecule has 0 amide bonds. The van der Waals surface area contributed by atoms with Gasteiger partial charge in [0, 0.05) is 17.0 Å². The summed E-state index contributed by atoms with van der Waals surface area (Å²) in [5.74, 6) is -0.507. The minimum atomic E-state index is -1.06. The molecule has 0 fully saturated rings. The first kappa shape index (κ1) is 12.4. The van der Waals surface area contributed by atoms with E-state index in [2.05, 4.69) is 10.2 Å². The van der Waals surface area contributed by atoms with E-state index in [0.29, 0.717) is 5.89 Å². The van der Waals surface area contributed by atoms with Gasteiger partial charge in [-0.2, -0.15) is 0 Å². The second-order valence-corrected chi connectivity index (χ2v) is 4.17. The number of aliphatic carboxylic acids is 1. The van der Waals surface area contributed by atoms with Gasteiger partial charge in [0.15, 0.2) is 0 Å². The Kier molecular flexibility index (Phi) is 3.78. The van der Waals surface area contributed by atoms with Crippen LogP contribution in [-0.2, 0) is 4.79 Å². The number of thioether (sulfide) groups is 1. The molecule has 0 aliphatic rings. The van der Waals surface area contributed by atoms with Gasteiger partial charge in [0.1, 0.15) is 0 Å². The molecule has 0 atom stereocenters. The van der Waals surface area contributed by atoms with Gasteiger partial charge in [-0.1, -0.05) is 12.1 Å². The lowest BCUT2D eigenvalue weighted by Gasteiger charge is -2.00. The van der Waals surface area contributed by atoms with Gasteiger partial charge >= 0.3 is 5.97 Å². The van der Waals surface area contributed by atoms with Gasteiger partial charge in [-0.15, -0.1) is 22.0 Å². The van der Waals surface area contributed by atoms with Crippen molar-refractivity contribution in [2.24, 2.45) is 0 Å². The molecule has 0 saturated carbocycles. The molecule has 2 aromatic rings. The molecule has 0 aliphatic heterocycles. The van der Waals surface area contributed by atoms with Crippen molar-refractivity contribution in [1.82, 2.24) is 10.2 Å². The van der Waals surface area contributed by atoms with Crippen molar-refractivity contribution in [1.29, 1.82) is 0 Å². The molecule has 2 rings (SSSR count). The zero-order chi connectivity index (χ0) is 13.0. The maximum atomic E-state index is 10.4. The van der Waals surface area contributed by atoms with E-state index in [0.717, 1.165) is 16.5 Å². The third-order valence-corrected chi connectivity index (χ3v) is 2.94. The summed E-state index contributed by atoms with van der Waals surface area (Å²) in [5, 5.41) is 16.2. The van der Waals surface area contributed by atoms with Crippen molar-refractivity contribution < 1.29 is 14.3 Å². The highest BCUT2D eigenvalue weighted by Gasteiger charge is 2.10. The number of benzene rings is 1. The standard InChI is InChI=1S/C12H10N2O3S/c1-18-9-5-3-2-4-8(9)12-14-13-10(17-12)6-7-11(15)16/h2-7H,1H3,(H,15,16)/b7-6+. The predicted molar refractivity (Wildman–Crippen MR) is 68.2 cm³/mol. The lowest BCUT2D eigenvalue weighted by molar-refractivity contribution is -0.131. The largest absolute Gasteiger partial charge is 0.478 e. The van der Waals surface area contributed by atoms with Crippen LogP contribution in [0.15, 0.2) is 39.7 Å². The average molecular weight is 262 g/mol. The van der Waals surface area contributed by atoms with Crippen molar-refractivity contribution in [3.8, 4) is 11.5 Å². The van der Waals surface area contributed by atoms with Crippen LogP contribution in [0.25, 0.3) is 17.5 Å². The second kappa shape index (κ2) is 5.50. The Morgan fingerprint density at radius 1 is 1.39 bits per heavy atom. The average Bonchev–Trinajstić information content (AvgIpc) is 2.85. The van der Waals surface area contributed by atoms with Crippen molar-refractivity contribution >= 4 is 23.8 Å². The first-order chi connectivity index (χ1) is 8.70. The highest BCUT2D eigenvalue weighted by Crippen LogP contribution is 2.28. The highest BCUT2D eigenvalue weighted by atomic mass is 32.2. The third kappa shape index (κ3) is 2.78. The van der Waals surface area contributed by atoms with E-state index in [1.54, 1.807) is 11.8 Å². The smallest absolute Gasteiger partial charge is 0.328 e. The van der Waals surface area contributed by atoms with Gasteiger partial charge < -0.3 is 9.52 Å². The van der Waals surface area contributed by atoms with Crippen molar-refractivity contribution in [2.75, 3.05) is 6.26 Å². The van der Waals surface area contributed by atoms with Crippen LogP contribution in [0.2, 0.25) is 0 Å². The Hall–Kier alpha value is -2.08. The summed E-state index contributed by atoms with van der Waals surface area (Å²) in [7, 11) is 0. The van der Waals surface area contributed by atoms with Gasteiger partial charge in [-0.25, -0.2) is 4.79 Å². The number of carbonyl (C=O) groups is 1. The molecule has 6 heteroatoms. The maximum absolute atomic E-state index is 10.4. The van der Waals surface area contributed by atoms with Gasteiger partial charge in [0.05, 0.1) is 5.56 Å². The fraction of sp³-hybridized carbons (Fsp3) is 0.0833. The Balaban J connectivity index is 2.32. The fourth-order valence-corrected chi connectivity index (χ4v) is 1.96. The van der Waals surface area contributed by atoms with Crippen LogP contribution < -0.4 is 0 Å². The van der Waals surface area contributed by atoms with Crippen LogP contribution in [0.4, 0.5) is 0 Å². The predicted octanol–water partition coefficient (Wildman–Crippen LogP) is 2.56. The molecule has 1 aromatic carbocycles. The number of nitrogens with zero attached hydrogens (tertiary/aromatic N) is 2. The van der Waals surface area contributed by atoms with E-state index in [1.165, 1.54) is 6.08 Å². The summed E-state index contributed by atoms with van der Waals surface area (Å²) < 4.78 is 5.38. The molecule has 1 heterocycles. The van der Waals surface area contributed by atoms with E-state index < -0.39 is 5.97 Å². The Morgan fingerprint density at radius 3 is 2.89 bits per heavy atom. The normalized spacial score (nSPS) is 10.9. The molecule has 5 nitrogen and oxygen atoms in total. The second-order valence-electron chi connectivity index (χ2n) is 3.32.